The number of rotatable bonds is 8. The van der Waals surface area contributed by atoms with E-state index in [1.54, 1.807) is 18.7 Å². The molecule has 4 aromatic rings. The van der Waals surface area contributed by atoms with Gasteiger partial charge < -0.3 is 9.73 Å². The Labute approximate surface area is 193 Å². The summed E-state index contributed by atoms with van der Waals surface area (Å²) < 4.78 is 7.26. The van der Waals surface area contributed by atoms with Gasteiger partial charge in [-0.05, 0) is 30.2 Å². The molecule has 0 bridgehead atoms. The van der Waals surface area contributed by atoms with Gasteiger partial charge >= 0.3 is 0 Å². The summed E-state index contributed by atoms with van der Waals surface area (Å²) in [6.45, 7) is 3.54. The molecule has 7 heteroatoms. The number of aryl methyl sites for hydroxylation is 2. The van der Waals surface area contributed by atoms with E-state index in [0.717, 1.165) is 55.0 Å². The van der Waals surface area contributed by atoms with Gasteiger partial charge in [-0.1, -0.05) is 36.4 Å². The number of nitrogens with one attached hydrogen (secondary N) is 1. The average molecular weight is 442 g/mol. The number of amides is 1. The minimum Gasteiger partial charge on any atom is -0.472 e. The maximum atomic E-state index is 13.2. The summed E-state index contributed by atoms with van der Waals surface area (Å²) in [5.74, 6) is -0.152. The molecule has 1 amide bonds. The summed E-state index contributed by atoms with van der Waals surface area (Å²) in [7, 11) is 0. The molecule has 0 aliphatic carbocycles. The fraction of sp³-hybridized carbons (Fsp3) is 0.269. The Hall–Kier alpha value is -3.71. The van der Waals surface area contributed by atoms with Crippen molar-refractivity contribution < 1.29 is 9.21 Å². The Balaban J connectivity index is 1.36. The van der Waals surface area contributed by atoms with E-state index in [1.165, 1.54) is 5.56 Å². The van der Waals surface area contributed by atoms with Gasteiger partial charge in [0.1, 0.15) is 0 Å². The molecule has 168 valence electrons. The molecule has 3 aromatic heterocycles. The van der Waals surface area contributed by atoms with Crippen LogP contribution < -0.4 is 5.32 Å². The van der Waals surface area contributed by atoms with Crippen molar-refractivity contribution >= 4 is 5.91 Å². The lowest BCUT2D eigenvalue weighted by Gasteiger charge is -2.27. The average Bonchev–Trinajstić information content (AvgIpc) is 3.50. The van der Waals surface area contributed by atoms with Crippen LogP contribution in [0.5, 0.6) is 0 Å². The number of nitrogens with zero attached hydrogens (tertiary/aromatic N) is 4. The van der Waals surface area contributed by atoms with Crippen molar-refractivity contribution in [3.63, 3.8) is 0 Å². The van der Waals surface area contributed by atoms with Crippen LogP contribution in [0.2, 0.25) is 0 Å². The molecule has 5 rings (SSSR count). The van der Waals surface area contributed by atoms with E-state index in [2.05, 4.69) is 39.5 Å². The number of hydrogen-bond donors (Lipinski definition) is 1. The van der Waals surface area contributed by atoms with Crippen LogP contribution in [0.4, 0.5) is 0 Å². The van der Waals surface area contributed by atoms with Crippen molar-refractivity contribution in [2.24, 2.45) is 0 Å². The van der Waals surface area contributed by atoms with Gasteiger partial charge in [0, 0.05) is 55.6 Å². The van der Waals surface area contributed by atoms with Crippen molar-refractivity contribution in [1.82, 2.24) is 25.0 Å². The first-order valence-electron chi connectivity index (χ1n) is 11.3. The fourth-order valence-corrected chi connectivity index (χ4v) is 4.33. The number of fused-ring (bicyclic) bond motifs is 1. The topological polar surface area (TPSA) is 76.2 Å². The van der Waals surface area contributed by atoms with Crippen LogP contribution in [0.15, 0.2) is 77.7 Å². The Kier molecular flexibility index (Phi) is 6.30. The van der Waals surface area contributed by atoms with Crippen LogP contribution in [-0.4, -0.2) is 32.1 Å². The molecule has 0 saturated carbocycles. The molecular formula is C26H27N5O2. The lowest BCUT2D eigenvalue weighted by Crippen LogP contribution is -2.32. The molecule has 4 heterocycles. The van der Waals surface area contributed by atoms with E-state index >= 15 is 0 Å². The van der Waals surface area contributed by atoms with Gasteiger partial charge in [0.25, 0.3) is 5.91 Å². The van der Waals surface area contributed by atoms with Gasteiger partial charge in [0.2, 0.25) is 0 Å². The number of carbonyl (C=O) groups is 1. The monoisotopic (exact) mass is 441 g/mol. The van der Waals surface area contributed by atoms with E-state index in [0.29, 0.717) is 18.8 Å². The second kappa shape index (κ2) is 9.83. The molecule has 0 spiro atoms. The van der Waals surface area contributed by atoms with Crippen LogP contribution in [0, 0.1) is 0 Å². The quantitative estimate of drug-likeness (QED) is 0.452. The Morgan fingerprint density at radius 2 is 1.94 bits per heavy atom. The highest BCUT2D eigenvalue weighted by atomic mass is 16.3. The second-order valence-electron chi connectivity index (χ2n) is 8.33. The molecule has 7 nitrogen and oxygen atoms in total. The van der Waals surface area contributed by atoms with Gasteiger partial charge in [-0.3, -0.25) is 19.4 Å². The van der Waals surface area contributed by atoms with Gasteiger partial charge in [-0.2, -0.15) is 5.10 Å². The first kappa shape index (κ1) is 21.2. The molecule has 0 radical (unpaired) electrons. The maximum absolute atomic E-state index is 13.2. The van der Waals surface area contributed by atoms with Crippen LogP contribution in [0.3, 0.4) is 0 Å². The van der Waals surface area contributed by atoms with Crippen LogP contribution in [-0.2, 0) is 39.0 Å². The first-order chi connectivity index (χ1) is 16.3. The van der Waals surface area contributed by atoms with Gasteiger partial charge in [-0.15, -0.1) is 0 Å². The molecule has 0 fully saturated rings. The van der Waals surface area contributed by atoms with Crippen molar-refractivity contribution in [3.05, 3.63) is 107 Å². The van der Waals surface area contributed by atoms with Crippen LogP contribution in [0.1, 0.15) is 38.6 Å². The molecule has 33 heavy (non-hydrogen) atoms. The predicted molar refractivity (Wildman–Crippen MR) is 124 cm³/mol. The maximum Gasteiger partial charge on any atom is 0.272 e. The highest BCUT2D eigenvalue weighted by Gasteiger charge is 2.28. The SMILES string of the molecule is O=C(NCc1ccccn1)c1nn(CCc2ccccc2)c2c1CN(Cc1ccoc1)CC2. The minimum atomic E-state index is -0.152. The van der Waals surface area contributed by atoms with Crippen molar-refractivity contribution in [3.8, 4) is 0 Å². The third kappa shape index (κ3) is 5.04. The van der Waals surface area contributed by atoms with E-state index in [4.69, 9.17) is 9.52 Å². The van der Waals surface area contributed by atoms with Crippen LogP contribution in [0.25, 0.3) is 0 Å². The van der Waals surface area contributed by atoms with E-state index in [1.807, 2.05) is 35.0 Å². The number of furan rings is 1. The summed E-state index contributed by atoms with van der Waals surface area (Å²) in [6, 6.07) is 18.1. The van der Waals surface area contributed by atoms with Crippen LogP contribution >= 0.6 is 0 Å². The fourth-order valence-electron chi connectivity index (χ4n) is 4.33. The number of aromatic nitrogens is 3. The zero-order valence-electron chi connectivity index (χ0n) is 18.5. The standard InChI is InChI=1S/C26H27N5O2/c32-26(28-16-22-8-4-5-12-27-22)25-23-18-30(17-21-11-15-33-19-21)13-10-24(23)31(29-25)14-9-20-6-2-1-3-7-20/h1-8,11-12,15,19H,9-10,13-14,16-18H2,(H,28,32). The van der Waals surface area contributed by atoms with Crippen molar-refractivity contribution in [2.75, 3.05) is 6.54 Å². The second-order valence-corrected chi connectivity index (χ2v) is 8.33. The summed E-state index contributed by atoms with van der Waals surface area (Å²) >= 11 is 0. The van der Waals surface area contributed by atoms with E-state index in [9.17, 15) is 4.79 Å². The third-order valence-electron chi connectivity index (χ3n) is 6.03. The largest absolute Gasteiger partial charge is 0.472 e. The van der Waals surface area contributed by atoms with Crippen molar-refractivity contribution in [1.29, 1.82) is 0 Å². The number of hydrogen-bond acceptors (Lipinski definition) is 5. The molecule has 1 aromatic carbocycles. The smallest absolute Gasteiger partial charge is 0.272 e. The molecular weight excluding hydrogens is 414 g/mol. The summed E-state index contributed by atoms with van der Waals surface area (Å²) in [5, 5.41) is 7.79. The van der Waals surface area contributed by atoms with Crippen molar-refractivity contribution in [2.45, 2.75) is 39.0 Å². The number of carbonyl (C=O) groups excluding carboxylic acids is 1. The van der Waals surface area contributed by atoms with Gasteiger partial charge in [-0.25, -0.2) is 0 Å². The molecule has 1 aliphatic rings. The summed E-state index contributed by atoms with van der Waals surface area (Å²) in [5.41, 5.74) is 5.93. The molecule has 1 aliphatic heterocycles. The summed E-state index contributed by atoms with van der Waals surface area (Å²) in [4.78, 5) is 19.8. The highest BCUT2D eigenvalue weighted by molar-refractivity contribution is 5.94. The van der Waals surface area contributed by atoms with Gasteiger partial charge in [0.05, 0.1) is 24.8 Å². The zero-order chi connectivity index (χ0) is 22.5. The lowest BCUT2D eigenvalue weighted by molar-refractivity contribution is 0.0942. The normalized spacial score (nSPS) is 13.6. The van der Waals surface area contributed by atoms with E-state index < -0.39 is 0 Å². The Bertz CT molecular complexity index is 1190. The molecule has 0 unspecified atom stereocenters. The molecule has 1 N–H and O–H groups in total. The third-order valence-corrected chi connectivity index (χ3v) is 6.03. The highest BCUT2D eigenvalue weighted by Crippen LogP contribution is 2.25. The Morgan fingerprint density at radius 3 is 2.73 bits per heavy atom. The molecule has 0 atom stereocenters. The van der Waals surface area contributed by atoms with E-state index in [-0.39, 0.29) is 5.91 Å². The minimum absolute atomic E-state index is 0.152. The Morgan fingerprint density at radius 1 is 1.06 bits per heavy atom. The first-order valence-corrected chi connectivity index (χ1v) is 11.3. The molecule has 0 saturated heterocycles. The predicted octanol–water partition coefficient (Wildman–Crippen LogP) is 3.60. The van der Waals surface area contributed by atoms with Gasteiger partial charge in [0.15, 0.2) is 5.69 Å². The lowest BCUT2D eigenvalue weighted by atomic mass is 10.0. The zero-order valence-corrected chi connectivity index (χ0v) is 18.5. The number of benzene rings is 1. The number of pyridine rings is 1. The summed E-state index contributed by atoms with van der Waals surface area (Å²) in [6.07, 6.45) is 6.95.